The molecule has 0 spiro atoms. The number of nitro benzene ring substituents is 1. The number of fused-ring (bicyclic) bond motifs is 1. The zero-order valence-corrected chi connectivity index (χ0v) is 15.3. The maximum Gasteiger partial charge on any atom is 0.272 e. The summed E-state index contributed by atoms with van der Waals surface area (Å²) in [6.45, 7) is 5.28. The Morgan fingerprint density at radius 3 is 2.74 bits per heavy atom. The Morgan fingerprint density at radius 1 is 1.26 bits per heavy atom. The van der Waals surface area contributed by atoms with Crippen molar-refractivity contribution in [3.8, 4) is 0 Å². The number of nitrogens with zero attached hydrogens (tertiary/aromatic N) is 4. The summed E-state index contributed by atoms with van der Waals surface area (Å²) in [7, 11) is 0. The van der Waals surface area contributed by atoms with Crippen LogP contribution in [-0.4, -0.2) is 26.1 Å². The van der Waals surface area contributed by atoms with E-state index in [0.717, 1.165) is 16.9 Å². The molecule has 1 N–H and O–H groups in total. The lowest BCUT2D eigenvalue weighted by atomic mass is 10.1. The Morgan fingerprint density at radius 2 is 2.00 bits per heavy atom. The molecular weight excluding hydrogens is 346 g/mol. The number of aryl methyl sites for hydroxylation is 2. The van der Waals surface area contributed by atoms with Gasteiger partial charge in [0.05, 0.1) is 21.7 Å². The zero-order valence-electron chi connectivity index (χ0n) is 15.3. The van der Waals surface area contributed by atoms with Gasteiger partial charge in [-0.05, 0) is 32.9 Å². The lowest BCUT2D eigenvalue weighted by molar-refractivity contribution is -0.385. The maximum atomic E-state index is 12.3. The molecule has 8 heteroatoms. The highest BCUT2D eigenvalue weighted by Crippen LogP contribution is 2.19. The summed E-state index contributed by atoms with van der Waals surface area (Å²) >= 11 is 0. The Hall–Kier alpha value is -3.55. The van der Waals surface area contributed by atoms with Gasteiger partial charge in [-0.15, -0.1) is 0 Å². The summed E-state index contributed by atoms with van der Waals surface area (Å²) in [6, 6.07) is 12.4. The summed E-state index contributed by atoms with van der Waals surface area (Å²) in [5.41, 5.74) is 5.87. The lowest BCUT2D eigenvalue weighted by Crippen LogP contribution is -2.24. The van der Waals surface area contributed by atoms with E-state index < -0.39 is 4.92 Å². The number of hydrazone groups is 1. The van der Waals surface area contributed by atoms with Crippen molar-refractivity contribution in [2.75, 3.05) is 0 Å². The monoisotopic (exact) mass is 365 g/mol. The molecule has 0 unspecified atom stereocenters. The summed E-state index contributed by atoms with van der Waals surface area (Å²) in [4.78, 5) is 27.4. The number of para-hydroxylation sites is 2. The third-order valence-electron chi connectivity index (χ3n) is 4.32. The van der Waals surface area contributed by atoms with Crippen molar-refractivity contribution in [3.05, 3.63) is 69.5 Å². The van der Waals surface area contributed by atoms with E-state index in [2.05, 4.69) is 15.5 Å². The lowest BCUT2D eigenvalue weighted by Gasteiger charge is -2.07. The van der Waals surface area contributed by atoms with Gasteiger partial charge in [0.2, 0.25) is 0 Å². The number of hydrogen-bond donors (Lipinski definition) is 1. The quantitative estimate of drug-likeness (QED) is 0.426. The third-order valence-corrected chi connectivity index (χ3v) is 4.32. The van der Waals surface area contributed by atoms with Crippen molar-refractivity contribution < 1.29 is 9.72 Å². The first kappa shape index (κ1) is 18.2. The zero-order chi connectivity index (χ0) is 19.6. The molecule has 27 heavy (non-hydrogen) atoms. The molecule has 1 aromatic heterocycles. The molecule has 138 valence electrons. The van der Waals surface area contributed by atoms with E-state index in [1.165, 1.54) is 6.07 Å². The van der Waals surface area contributed by atoms with Crippen molar-refractivity contribution in [3.63, 3.8) is 0 Å². The van der Waals surface area contributed by atoms with E-state index in [0.29, 0.717) is 16.8 Å². The molecule has 0 saturated carbocycles. The second kappa shape index (κ2) is 7.36. The van der Waals surface area contributed by atoms with Crippen molar-refractivity contribution in [1.82, 2.24) is 15.0 Å². The molecule has 0 fully saturated rings. The van der Waals surface area contributed by atoms with Gasteiger partial charge in [-0.2, -0.15) is 5.10 Å². The van der Waals surface area contributed by atoms with Crippen LogP contribution < -0.4 is 5.43 Å². The Balaban J connectivity index is 1.75. The molecular formula is C19H19N5O3. The predicted octanol–water partition coefficient (Wildman–Crippen LogP) is 3.10. The third kappa shape index (κ3) is 3.84. The van der Waals surface area contributed by atoms with Gasteiger partial charge in [-0.25, -0.2) is 10.4 Å². The molecule has 3 aromatic rings. The summed E-state index contributed by atoms with van der Waals surface area (Å²) in [5, 5.41) is 15.1. The van der Waals surface area contributed by atoms with Crippen molar-refractivity contribution in [1.29, 1.82) is 0 Å². The number of carbonyl (C=O) groups excluding carboxylic acids is 1. The van der Waals surface area contributed by atoms with Crippen molar-refractivity contribution in [2.45, 2.75) is 27.3 Å². The normalized spacial score (nSPS) is 11.6. The maximum absolute atomic E-state index is 12.3. The second-order valence-corrected chi connectivity index (χ2v) is 6.22. The molecule has 8 nitrogen and oxygen atoms in total. The van der Waals surface area contributed by atoms with Crippen LogP contribution in [-0.2, 0) is 11.3 Å². The van der Waals surface area contributed by atoms with E-state index in [4.69, 9.17) is 0 Å². The molecule has 1 heterocycles. The van der Waals surface area contributed by atoms with Crippen LogP contribution in [0.3, 0.4) is 0 Å². The fourth-order valence-electron chi connectivity index (χ4n) is 2.82. The second-order valence-electron chi connectivity index (χ2n) is 6.22. The largest absolute Gasteiger partial charge is 0.319 e. The van der Waals surface area contributed by atoms with Crippen molar-refractivity contribution in [2.24, 2.45) is 5.10 Å². The van der Waals surface area contributed by atoms with Crippen LogP contribution in [0.4, 0.5) is 5.69 Å². The van der Waals surface area contributed by atoms with E-state index in [1.54, 1.807) is 26.0 Å². The average molecular weight is 365 g/mol. The van der Waals surface area contributed by atoms with Crippen LogP contribution in [0, 0.1) is 24.0 Å². The van der Waals surface area contributed by atoms with Gasteiger partial charge in [0.1, 0.15) is 12.4 Å². The van der Waals surface area contributed by atoms with Gasteiger partial charge < -0.3 is 4.57 Å². The first-order chi connectivity index (χ1) is 12.9. The number of hydrogen-bond acceptors (Lipinski definition) is 5. The molecule has 1 amide bonds. The van der Waals surface area contributed by atoms with Crippen LogP contribution in [0.15, 0.2) is 47.6 Å². The topological polar surface area (TPSA) is 102 Å². The Kier molecular flexibility index (Phi) is 4.98. The molecule has 0 bridgehead atoms. The smallest absolute Gasteiger partial charge is 0.272 e. The SMILES string of the molecule is C/C(=N\NC(=O)Cn1c(C)nc2ccccc21)c1ccc(C)c([N+](=O)[O-])c1. The van der Waals surface area contributed by atoms with Crippen LogP contribution >= 0.6 is 0 Å². The molecule has 0 atom stereocenters. The molecule has 2 aromatic carbocycles. The highest BCUT2D eigenvalue weighted by molar-refractivity contribution is 5.99. The molecule has 3 rings (SSSR count). The fourth-order valence-corrected chi connectivity index (χ4v) is 2.82. The van der Waals surface area contributed by atoms with Gasteiger partial charge in [0.15, 0.2) is 0 Å². The van der Waals surface area contributed by atoms with E-state index in [-0.39, 0.29) is 18.1 Å². The Bertz CT molecular complexity index is 1070. The van der Waals surface area contributed by atoms with E-state index in [1.807, 2.05) is 35.8 Å². The summed E-state index contributed by atoms with van der Waals surface area (Å²) in [5.74, 6) is 0.434. The van der Waals surface area contributed by atoms with E-state index in [9.17, 15) is 14.9 Å². The first-order valence-corrected chi connectivity index (χ1v) is 8.37. The van der Waals surface area contributed by atoms with Crippen LogP contribution in [0.5, 0.6) is 0 Å². The fraction of sp³-hybridized carbons (Fsp3) is 0.211. The van der Waals surface area contributed by atoms with Crippen LogP contribution in [0.1, 0.15) is 23.9 Å². The number of amides is 1. The number of benzene rings is 2. The number of aromatic nitrogens is 2. The average Bonchev–Trinajstić information content (AvgIpc) is 2.95. The number of carbonyl (C=O) groups is 1. The molecule has 0 radical (unpaired) electrons. The van der Waals surface area contributed by atoms with Gasteiger partial charge >= 0.3 is 0 Å². The molecule has 0 saturated heterocycles. The van der Waals surface area contributed by atoms with Gasteiger partial charge in [0, 0.05) is 17.2 Å². The molecule has 0 aliphatic carbocycles. The number of rotatable bonds is 5. The van der Waals surface area contributed by atoms with Crippen LogP contribution in [0.2, 0.25) is 0 Å². The molecule has 0 aliphatic heterocycles. The summed E-state index contributed by atoms with van der Waals surface area (Å²) in [6.07, 6.45) is 0. The Labute approximate surface area is 155 Å². The van der Waals surface area contributed by atoms with Crippen molar-refractivity contribution >= 4 is 28.3 Å². The highest BCUT2D eigenvalue weighted by Gasteiger charge is 2.13. The highest BCUT2D eigenvalue weighted by atomic mass is 16.6. The molecule has 0 aliphatic rings. The van der Waals surface area contributed by atoms with Gasteiger partial charge in [-0.1, -0.05) is 24.3 Å². The predicted molar refractivity (Wildman–Crippen MR) is 103 cm³/mol. The minimum atomic E-state index is -0.433. The summed E-state index contributed by atoms with van der Waals surface area (Å²) < 4.78 is 1.81. The van der Waals surface area contributed by atoms with Crippen LogP contribution in [0.25, 0.3) is 11.0 Å². The number of imidazole rings is 1. The van der Waals surface area contributed by atoms with Gasteiger partial charge in [-0.3, -0.25) is 14.9 Å². The number of nitro groups is 1. The minimum Gasteiger partial charge on any atom is -0.319 e. The van der Waals surface area contributed by atoms with Gasteiger partial charge in [0.25, 0.3) is 11.6 Å². The minimum absolute atomic E-state index is 0.0221. The first-order valence-electron chi connectivity index (χ1n) is 8.37. The van der Waals surface area contributed by atoms with E-state index >= 15 is 0 Å². The number of nitrogens with one attached hydrogen (secondary N) is 1. The standard InChI is InChI=1S/C19H19N5O3/c1-12-8-9-15(10-18(12)24(26)27)13(2)21-22-19(25)11-23-14(3)20-16-6-4-5-7-17(16)23/h4-10H,11H2,1-3H3,(H,22,25)/b21-13+.